The first-order valence-corrected chi connectivity index (χ1v) is 11.5. The third-order valence-electron chi connectivity index (χ3n) is 5.18. The molecule has 3 heterocycles. The van der Waals surface area contributed by atoms with Gasteiger partial charge in [-0.3, -0.25) is 4.98 Å². The molecule has 0 amide bonds. The maximum atomic E-state index is 12.7. The molecular formula is C23H21ClF3N5O2S. The molecule has 3 aromatic rings. The minimum Gasteiger partial charge on any atom is -0.452 e. The molecule has 0 bridgehead atoms. The van der Waals surface area contributed by atoms with E-state index in [0.29, 0.717) is 24.0 Å². The average molecular weight is 524 g/mol. The van der Waals surface area contributed by atoms with Crippen LogP contribution in [0.3, 0.4) is 0 Å². The summed E-state index contributed by atoms with van der Waals surface area (Å²) in [6.07, 6.45) is 1.58. The van der Waals surface area contributed by atoms with Crippen LogP contribution < -0.4 is 25.0 Å². The quantitative estimate of drug-likeness (QED) is 0.394. The smallest absolute Gasteiger partial charge is 0.452 e. The lowest BCUT2D eigenvalue weighted by Crippen LogP contribution is -2.46. The molecule has 1 saturated heterocycles. The minimum absolute atomic E-state index is 0.110. The summed E-state index contributed by atoms with van der Waals surface area (Å²) in [7, 11) is 0. The summed E-state index contributed by atoms with van der Waals surface area (Å²) >= 11 is 11.9. The van der Waals surface area contributed by atoms with Crippen LogP contribution in [0.5, 0.6) is 17.2 Å². The average Bonchev–Trinajstić information content (AvgIpc) is 2.82. The van der Waals surface area contributed by atoms with E-state index in [0.717, 1.165) is 18.5 Å². The van der Waals surface area contributed by atoms with Gasteiger partial charge >= 0.3 is 6.36 Å². The molecule has 35 heavy (non-hydrogen) atoms. The van der Waals surface area contributed by atoms with Gasteiger partial charge in [-0.05, 0) is 49.3 Å². The Hall–Kier alpha value is -3.31. The number of pyridine rings is 2. The maximum absolute atomic E-state index is 12.7. The van der Waals surface area contributed by atoms with Gasteiger partial charge in [-0.2, -0.15) is 0 Å². The van der Waals surface area contributed by atoms with Gasteiger partial charge in [0, 0.05) is 37.6 Å². The van der Waals surface area contributed by atoms with Gasteiger partial charge in [0.25, 0.3) is 0 Å². The van der Waals surface area contributed by atoms with Crippen LogP contribution >= 0.6 is 23.8 Å². The standard InChI is InChI=1S/C23H21ClF3N5O2S/c24-20-19(33-17-5-1-2-6-18(17)34-23(25,26)27)7-11-29-21(20)32-12-8-15(9-13-32)30-22(35)31-16-4-3-10-28-14-16/h1-7,10-11,14-15H,8-9,12-13H2,(H2,30,31,35). The van der Waals surface area contributed by atoms with E-state index in [9.17, 15) is 13.2 Å². The van der Waals surface area contributed by atoms with E-state index in [1.165, 1.54) is 30.5 Å². The number of thiocarbonyl (C=S) groups is 1. The number of nitrogens with one attached hydrogen (secondary N) is 2. The minimum atomic E-state index is -4.85. The van der Waals surface area contributed by atoms with E-state index >= 15 is 0 Å². The Bertz CT molecular complexity index is 1160. The van der Waals surface area contributed by atoms with E-state index in [-0.39, 0.29) is 22.6 Å². The van der Waals surface area contributed by atoms with Gasteiger partial charge in [-0.1, -0.05) is 23.7 Å². The molecule has 184 valence electrons. The third-order valence-corrected chi connectivity index (χ3v) is 5.75. The van der Waals surface area contributed by atoms with Crippen LogP contribution in [0.4, 0.5) is 24.7 Å². The normalized spacial score (nSPS) is 14.3. The zero-order valence-electron chi connectivity index (χ0n) is 18.3. The van der Waals surface area contributed by atoms with Crippen molar-refractivity contribution < 1.29 is 22.6 Å². The Labute approximate surface area is 210 Å². The van der Waals surface area contributed by atoms with Crippen molar-refractivity contribution in [1.29, 1.82) is 0 Å². The molecule has 1 fully saturated rings. The SMILES string of the molecule is FC(F)(F)Oc1ccccc1Oc1ccnc(N2CCC(NC(=S)Nc3cccnc3)CC2)c1Cl. The van der Waals surface area contributed by atoms with Crippen molar-refractivity contribution in [3.63, 3.8) is 0 Å². The van der Waals surface area contributed by atoms with Crippen molar-refractivity contribution in [1.82, 2.24) is 15.3 Å². The molecule has 4 rings (SSSR count). The highest BCUT2D eigenvalue weighted by molar-refractivity contribution is 7.80. The van der Waals surface area contributed by atoms with Crippen molar-refractivity contribution >= 4 is 40.4 Å². The van der Waals surface area contributed by atoms with Crippen molar-refractivity contribution in [3.8, 4) is 17.2 Å². The van der Waals surface area contributed by atoms with Gasteiger partial charge in [0.2, 0.25) is 0 Å². The van der Waals surface area contributed by atoms with Crippen LogP contribution in [0, 0.1) is 0 Å². The van der Waals surface area contributed by atoms with E-state index in [4.69, 9.17) is 28.6 Å². The molecule has 0 saturated carbocycles. The lowest BCUT2D eigenvalue weighted by atomic mass is 10.1. The van der Waals surface area contributed by atoms with E-state index < -0.39 is 12.1 Å². The number of aromatic nitrogens is 2. The van der Waals surface area contributed by atoms with Gasteiger partial charge in [0.15, 0.2) is 28.2 Å². The lowest BCUT2D eigenvalue weighted by Gasteiger charge is -2.34. The van der Waals surface area contributed by atoms with Crippen LogP contribution in [0.2, 0.25) is 5.02 Å². The molecule has 0 unspecified atom stereocenters. The number of hydrogen-bond donors (Lipinski definition) is 2. The second-order valence-electron chi connectivity index (χ2n) is 7.64. The van der Waals surface area contributed by atoms with Gasteiger partial charge in [0.1, 0.15) is 5.02 Å². The van der Waals surface area contributed by atoms with Crippen LogP contribution in [0.25, 0.3) is 0 Å². The largest absolute Gasteiger partial charge is 0.573 e. The second kappa shape index (κ2) is 11.0. The fraction of sp³-hybridized carbons (Fsp3) is 0.261. The summed E-state index contributed by atoms with van der Waals surface area (Å²) in [6, 6.07) is 10.9. The maximum Gasteiger partial charge on any atom is 0.573 e. The fourth-order valence-corrected chi connectivity index (χ4v) is 4.16. The Morgan fingerprint density at radius 1 is 1.03 bits per heavy atom. The van der Waals surface area contributed by atoms with Gasteiger partial charge in [-0.15, -0.1) is 13.2 Å². The van der Waals surface area contributed by atoms with E-state index in [2.05, 4.69) is 25.3 Å². The summed E-state index contributed by atoms with van der Waals surface area (Å²) < 4.78 is 47.9. The van der Waals surface area contributed by atoms with Gasteiger partial charge < -0.3 is 25.0 Å². The zero-order valence-corrected chi connectivity index (χ0v) is 19.8. The number of hydrogen-bond acceptors (Lipinski definition) is 6. The molecule has 0 spiro atoms. The Morgan fingerprint density at radius 3 is 2.46 bits per heavy atom. The molecule has 2 aromatic heterocycles. The molecule has 12 heteroatoms. The van der Waals surface area contributed by atoms with E-state index in [1.54, 1.807) is 18.5 Å². The first-order valence-electron chi connectivity index (χ1n) is 10.7. The molecule has 1 aliphatic heterocycles. The molecule has 1 aromatic carbocycles. The van der Waals surface area contributed by atoms with Gasteiger partial charge in [-0.25, -0.2) is 4.98 Å². The molecule has 1 aliphatic rings. The first-order chi connectivity index (χ1) is 16.8. The number of nitrogens with zero attached hydrogens (tertiary/aromatic N) is 3. The number of rotatable bonds is 6. The zero-order chi connectivity index (χ0) is 24.8. The fourth-order valence-electron chi connectivity index (χ4n) is 3.60. The Kier molecular flexibility index (Phi) is 7.76. The third kappa shape index (κ3) is 6.86. The lowest BCUT2D eigenvalue weighted by molar-refractivity contribution is -0.275. The highest BCUT2D eigenvalue weighted by Crippen LogP contribution is 2.40. The van der Waals surface area contributed by atoms with Crippen LogP contribution in [-0.2, 0) is 0 Å². The predicted octanol–water partition coefficient (Wildman–Crippen LogP) is 5.78. The highest BCUT2D eigenvalue weighted by Gasteiger charge is 2.32. The summed E-state index contributed by atoms with van der Waals surface area (Å²) in [6.45, 7) is 1.30. The summed E-state index contributed by atoms with van der Waals surface area (Å²) in [5.41, 5.74) is 0.803. The number of halogens is 4. The van der Waals surface area contributed by atoms with E-state index in [1.807, 2.05) is 17.0 Å². The number of alkyl halides is 3. The second-order valence-corrected chi connectivity index (χ2v) is 8.43. The Balaban J connectivity index is 1.38. The van der Waals surface area contributed by atoms with Crippen molar-refractivity contribution in [2.24, 2.45) is 0 Å². The summed E-state index contributed by atoms with van der Waals surface area (Å²) in [5.74, 6) is 0.100. The van der Waals surface area contributed by atoms with Gasteiger partial charge in [0.05, 0.1) is 11.9 Å². The molecule has 7 nitrogen and oxygen atoms in total. The number of benzene rings is 1. The van der Waals surface area contributed by atoms with Crippen LogP contribution in [0.15, 0.2) is 61.1 Å². The molecule has 0 radical (unpaired) electrons. The molecule has 0 aliphatic carbocycles. The topological polar surface area (TPSA) is 71.5 Å². The van der Waals surface area contributed by atoms with Crippen LogP contribution in [-0.4, -0.2) is 40.6 Å². The Morgan fingerprint density at radius 2 is 1.77 bits per heavy atom. The number of ether oxygens (including phenoxy) is 2. The predicted molar refractivity (Wildman–Crippen MR) is 131 cm³/mol. The molecule has 2 N–H and O–H groups in total. The highest BCUT2D eigenvalue weighted by atomic mass is 35.5. The molecular weight excluding hydrogens is 503 g/mol. The first kappa shape index (κ1) is 24.8. The number of para-hydroxylation sites is 2. The molecule has 0 atom stereocenters. The monoisotopic (exact) mass is 523 g/mol. The summed E-state index contributed by atoms with van der Waals surface area (Å²) in [4.78, 5) is 10.4. The van der Waals surface area contributed by atoms with Crippen LogP contribution in [0.1, 0.15) is 12.8 Å². The number of anilines is 2. The van der Waals surface area contributed by atoms with Crippen molar-refractivity contribution in [2.45, 2.75) is 25.2 Å². The number of piperidine rings is 1. The van der Waals surface area contributed by atoms with Crippen molar-refractivity contribution in [2.75, 3.05) is 23.3 Å². The summed E-state index contributed by atoms with van der Waals surface area (Å²) in [5, 5.41) is 7.13. The van der Waals surface area contributed by atoms with Crippen molar-refractivity contribution in [3.05, 3.63) is 66.1 Å².